The van der Waals surface area contributed by atoms with Crippen molar-refractivity contribution in [3.63, 3.8) is 0 Å². The van der Waals surface area contributed by atoms with Crippen molar-refractivity contribution in [3.05, 3.63) is 54.4 Å². The van der Waals surface area contributed by atoms with Crippen LogP contribution in [0.3, 0.4) is 0 Å². The van der Waals surface area contributed by atoms with Gasteiger partial charge in [-0.2, -0.15) is 0 Å². The number of benzene rings is 2. The predicted octanol–water partition coefficient (Wildman–Crippen LogP) is 4.13. The third-order valence-electron chi connectivity index (χ3n) is 5.08. The Labute approximate surface area is 223 Å². The Morgan fingerprint density at radius 2 is 1.87 bits per heavy atom. The van der Waals surface area contributed by atoms with Gasteiger partial charge in [0.25, 0.3) is 5.91 Å². The van der Waals surface area contributed by atoms with E-state index in [1.807, 2.05) is 58.0 Å². The zero-order chi connectivity index (χ0) is 27.5. The van der Waals surface area contributed by atoms with Gasteiger partial charge in [0.05, 0.1) is 24.4 Å². The molecule has 0 saturated carbocycles. The normalized spacial score (nSPS) is 11.7. The first-order valence-electron chi connectivity index (χ1n) is 12.4. The fraction of sp³-hybridized carbons (Fsp3) is 0.357. The lowest BCUT2D eigenvalue weighted by Gasteiger charge is -2.20. The number of allylic oxidation sites excluding steroid dienone is 1. The molecule has 38 heavy (non-hydrogen) atoms. The lowest BCUT2D eigenvalue weighted by Crippen LogP contribution is -2.43. The molecule has 0 unspecified atom stereocenters. The summed E-state index contributed by atoms with van der Waals surface area (Å²) >= 11 is 0. The van der Waals surface area contributed by atoms with Gasteiger partial charge in [-0.05, 0) is 58.0 Å². The van der Waals surface area contributed by atoms with Gasteiger partial charge in [0.2, 0.25) is 0 Å². The van der Waals surface area contributed by atoms with Crippen LogP contribution in [0.4, 0.5) is 5.82 Å². The van der Waals surface area contributed by atoms with Crippen LogP contribution in [0.1, 0.15) is 27.7 Å². The van der Waals surface area contributed by atoms with E-state index in [1.165, 1.54) is 6.21 Å². The smallest absolute Gasteiger partial charge is 0.258 e. The van der Waals surface area contributed by atoms with Gasteiger partial charge in [-0.1, -0.05) is 12.1 Å². The van der Waals surface area contributed by atoms with Crippen LogP contribution in [0, 0.1) is 5.41 Å². The number of hydrogen-bond donors (Lipinski definition) is 4. The molecule has 3 aromatic rings. The minimum Gasteiger partial charge on any atom is -0.494 e. The monoisotopic (exact) mass is 520 g/mol. The average molecular weight is 521 g/mol. The molecule has 0 aliphatic heterocycles. The molecule has 10 nitrogen and oxygen atoms in total. The van der Waals surface area contributed by atoms with Gasteiger partial charge < -0.3 is 35.6 Å². The van der Waals surface area contributed by atoms with Crippen molar-refractivity contribution >= 4 is 28.8 Å². The number of fused-ring (bicyclic) bond motifs is 1. The van der Waals surface area contributed by atoms with Crippen LogP contribution in [0.2, 0.25) is 0 Å². The van der Waals surface area contributed by atoms with Crippen molar-refractivity contribution < 1.29 is 19.0 Å². The van der Waals surface area contributed by atoms with E-state index < -0.39 is 0 Å². The summed E-state index contributed by atoms with van der Waals surface area (Å²) in [6.07, 6.45) is 2.90. The van der Waals surface area contributed by atoms with Crippen molar-refractivity contribution in [1.82, 2.24) is 20.6 Å². The SMILES string of the molecule is CCOc1ccc2nc(-c3cccc(OCC(=O)NC(C)(C)C)c3)nc(N/C(C=N)=C/NCCOC)c2c1. The molecule has 1 heterocycles. The molecule has 1 amide bonds. The Balaban J connectivity index is 1.94. The Morgan fingerprint density at radius 1 is 1.08 bits per heavy atom. The maximum absolute atomic E-state index is 12.2. The molecule has 202 valence electrons. The second kappa shape index (κ2) is 13.4. The van der Waals surface area contributed by atoms with E-state index in [0.29, 0.717) is 54.1 Å². The molecule has 4 N–H and O–H groups in total. The summed E-state index contributed by atoms with van der Waals surface area (Å²) in [5, 5.41) is 17.8. The molecule has 10 heteroatoms. The summed E-state index contributed by atoms with van der Waals surface area (Å²) < 4.78 is 16.5. The number of aromatic nitrogens is 2. The van der Waals surface area contributed by atoms with Gasteiger partial charge in [-0.25, -0.2) is 9.97 Å². The molecular formula is C28H36N6O4. The van der Waals surface area contributed by atoms with Crippen molar-refractivity contribution in [2.24, 2.45) is 0 Å². The Morgan fingerprint density at radius 3 is 2.58 bits per heavy atom. The number of hydrogen-bond acceptors (Lipinski definition) is 9. The fourth-order valence-corrected chi connectivity index (χ4v) is 3.51. The first-order valence-corrected chi connectivity index (χ1v) is 12.4. The number of carbonyl (C=O) groups excluding carboxylic acids is 1. The molecule has 0 atom stereocenters. The maximum Gasteiger partial charge on any atom is 0.258 e. The quantitative estimate of drug-likeness (QED) is 0.196. The summed E-state index contributed by atoms with van der Waals surface area (Å²) in [6, 6.07) is 12.9. The predicted molar refractivity (Wildman–Crippen MR) is 150 cm³/mol. The van der Waals surface area contributed by atoms with Crippen molar-refractivity contribution in [2.45, 2.75) is 33.2 Å². The molecule has 0 bridgehead atoms. The summed E-state index contributed by atoms with van der Waals surface area (Å²) in [5.74, 6) is 2.00. The number of anilines is 1. The zero-order valence-electron chi connectivity index (χ0n) is 22.6. The molecule has 0 aliphatic rings. The van der Waals surface area contributed by atoms with Crippen LogP contribution < -0.4 is 25.4 Å². The highest BCUT2D eigenvalue weighted by Gasteiger charge is 2.15. The minimum absolute atomic E-state index is 0.101. The van der Waals surface area contributed by atoms with Crippen molar-refractivity contribution in [1.29, 1.82) is 5.41 Å². The fourth-order valence-electron chi connectivity index (χ4n) is 3.51. The van der Waals surface area contributed by atoms with Crippen molar-refractivity contribution in [2.75, 3.05) is 38.8 Å². The minimum atomic E-state index is -0.338. The first kappa shape index (κ1) is 28.4. The van der Waals surface area contributed by atoms with E-state index in [-0.39, 0.29) is 18.1 Å². The van der Waals surface area contributed by atoms with E-state index in [2.05, 4.69) is 16.0 Å². The van der Waals surface area contributed by atoms with E-state index in [9.17, 15) is 4.79 Å². The number of rotatable bonds is 13. The lowest BCUT2D eigenvalue weighted by molar-refractivity contribution is -0.124. The average Bonchev–Trinajstić information content (AvgIpc) is 2.88. The topological polar surface area (TPSA) is 130 Å². The standard InChI is InChI=1S/C28H36N6O4/c1-6-37-22-10-11-24-23(15-22)27(31-20(16-29)17-30-12-13-36-5)33-26(32-24)19-8-7-9-21(14-19)38-18-25(35)34-28(2,3)4/h7-11,14-17,29-30H,6,12-13,18H2,1-5H3,(H,34,35)(H,31,32,33)/b20-17+,29-16?. The largest absolute Gasteiger partial charge is 0.494 e. The highest BCUT2D eigenvalue weighted by Crippen LogP contribution is 2.30. The Kier molecular flexibility index (Phi) is 10.0. The molecule has 0 radical (unpaired) electrons. The zero-order valence-corrected chi connectivity index (χ0v) is 22.6. The molecule has 0 saturated heterocycles. The molecule has 2 aromatic carbocycles. The van der Waals surface area contributed by atoms with E-state index in [0.717, 1.165) is 10.9 Å². The molecule has 0 spiro atoms. The van der Waals surface area contributed by atoms with Crippen LogP contribution in [0.25, 0.3) is 22.3 Å². The summed E-state index contributed by atoms with van der Waals surface area (Å²) in [4.78, 5) is 21.7. The number of carbonyl (C=O) groups is 1. The van der Waals surface area contributed by atoms with Crippen molar-refractivity contribution in [3.8, 4) is 22.9 Å². The number of amides is 1. The van der Waals surface area contributed by atoms with E-state index in [4.69, 9.17) is 29.6 Å². The van der Waals surface area contributed by atoms with E-state index >= 15 is 0 Å². The molecule has 0 aliphatic carbocycles. The highest BCUT2D eigenvalue weighted by atomic mass is 16.5. The third-order valence-corrected chi connectivity index (χ3v) is 5.08. The molecule has 0 fully saturated rings. The Bertz CT molecular complexity index is 1290. The number of nitrogens with one attached hydrogen (secondary N) is 4. The van der Waals surface area contributed by atoms with Gasteiger partial charge in [0, 0.05) is 42.6 Å². The number of nitrogens with zero attached hydrogens (tertiary/aromatic N) is 2. The molecule has 3 rings (SSSR count). The van der Waals surface area contributed by atoms with Gasteiger partial charge in [-0.3, -0.25) is 4.79 Å². The summed E-state index contributed by atoms with van der Waals surface area (Å²) in [6.45, 7) is 9.24. The van der Waals surface area contributed by atoms with Gasteiger partial charge >= 0.3 is 0 Å². The number of ether oxygens (including phenoxy) is 3. The van der Waals surface area contributed by atoms with Gasteiger partial charge in [-0.15, -0.1) is 0 Å². The Hall–Kier alpha value is -4.18. The van der Waals surface area contributed by atoms with Crippen LogP contribution in [0.15, 0.2) is 54.4 Å². The molecular weight excluding hydrogens is 484 g/mol. The summed E-state index contributed by atoms with van der Waals surface area (Å²) in [5.41, 5.74) is 1.59. The van der Waals surface area contributed by atoms with Crippen LogP contribution >= 0.6 is 0 Å². The second-order valence-corrected chi connectivity index (χ2v) is 9.44. The first-order chi connectivity index (χ1) is 18.2. The second-order valence-electron chi connectivity index (χ2n) is 9.44. The third kappa shape index (κ3) is 8.45. The molecule has 1 aromatic heterocycles. The van der Waals surface area contributed by atoms with Gasteiger partial charge in [0.15, 0.2) is 12.4 Å². The van der Waals surface area contributed by atoms with E-state index in [1.54, 1.807) is 25.4 Å². The van der Waals surface area contributed by atoms with Gasteiger partial charge in [0.1, 0.15) is 17.3 Å². The lowest BCUT2D eigenvalue weighted by atomic mass is 10.1. The van der Waals surface area contributed by atoms with Crippen LogP contribution in [-0.2, 0) is 9.53 Å². The highest BCUT2D eigenvalue weighted by molar-refractivity contribution is 5.94. The van der Waals surface area contributed by atoms with Crippen LogP contribution in [-0.4, -0.2) is 61.1 Å². The maximum atomic E-state index is 12.2. The number of methoxy groups -OCH3 is 1. The summed E-state index contributed by atoms with van der Waals surface area (Å²) in [7, 11) is 1.63. The van der Waals surface area contributed by atoms with Crippen LogP contribution in [0.5, 0.6) is 11.5 Å².